The van der Waals surface area contributed by atoms with Crippen LogP contribution in [0.3, 0.4) is 0 Å². The molecular formula is C50H46N2. The molecule has 4 aliphatic rings. The van der Waals surface area contributed by atoms with Crippen LogP contribution in [0.5, 0.6) is 0 Å². The summed E-state index contributed by atoms with van der Waals surface area (Å²) in [6.07, 6.45) is 30.6. The molecule has 0 bridgehead atoms. The van der Waals surface area contributed by atoms with E-state index in [2.05, 4.69) is 203 Å². The van der Waals surface area contributed by atoms with Crippen molar-refractivity contribution in [2.45, 2.75) is 40.2 Å². The highest BCUT2D eigenvalue weighted by Gasteiger charge is 2.36. The van der Waals surface area contributed by atoms with Crippen molar-refractivity contribution in [2.24, 2.45) is 17.3 Å². The van der Waals surface area contributed by atoms with Gasteiger partial charge in [0, 0.05) is 40.1 Å². The predicted octanol–water partition coefficient (Wildman–Crippen LogP) is 12.5. The van der Waals surface area contributed by atoms with Crippen LogP contribution in [0.1, 0.15) is 45.2 Å². The summed E-state index contributed by atoms with van der Waals surface area (Å²) in [6.45, 7) is 8.97. The van der Waals surface area contributed by atoms with Gasteiger partial charge >= 0.3 is 0 Å². The van der Waals surface area contributed by atoms with Crippen molar-refractivity contribution in [1.82, 2.24) is 10.3 Å². The minimum absolute atomic E-state index is 0.00778. The van der Waals surface area contributed by atoms with E-state index in [0.717, 1.165) is 34.5 Å². The van der Waals surface area contributed by atoms with Crippen LogP contribution in [-0.2, 0) is 0 Å². The topological polar surface area (TPSA) is 24.9 Å². The van der Waals surface area contributed by atoms with Crippen LogP contribution in [0.25, 0.3) is 44.9 Å². The number of hydrogen-bond donors (Lipinski definition) is 1. The SMILES string of the molecule is C/C=C\C(=C/C)C1(C)CC=C(c2cc(C3=C4C=CC=CC4C4C=CC=CC4=C3)cc(-c3cc(-c4ccccc4)nc(-c4ccccc4)c3)c2)NC1C. The van der Waals surface area contributed by atoms with Crippen molar-refractivity contribution >= 4 is 11.3 Å². The van der Waals surface area contributed by atoms with E-state index in [1.165, 1.54) is 44.7 Å². The first kappa shape index (κ1) is 33.4. The Hall–Kier alpha value is -5.73. The van der Waals surface area contributed by atoms with Crippen LogP contribution >= 0.6 is 0 Å². The molecule has 0 fully saturated rings. The number of fused-ring (bicyclic) bond motifs is 3. The van der Waals surface area contributed by atoms with Crippen LogP contribution in [0.15, 0.2) is 187 Å². The summed E-state index contributed by atoms with van der Waals surface area (Å²) in [7, 11) is 0. The highest BCUT2D eigenvalue weighted by molar-refractivity contribution is 5.88. The number of pyridine rings is 1. The summed E-state index contributed by atoms with van der Waals surface area (Å²) in [6, 6.07) is 33.0. The highest BCUT2D eigenvalue weighted by Crippen LogP contribution is 2.46. The molecule has 3 aromatic carbocycles. The van der Waals surface area contributed by atoms with Crippen molar-refractivity contribution in [3.8, 4) is 33.6 Å². The molecule has 0 saturated carbocycles. The third-order valence-corrected chi connectivity index (χ3v) is 11.4. The lowest BCUT2D eigenvalue weighted by Crippen LogP contribution is -2.44. The zero-order valence-electron chi connectivity index (χ0n) is 30.6. The standard InChI is InChI=1S/C50H46N2/c1-5-17-42(6-2)50(4)27-26-47(51-34(50)3)41-29-38(28-40(30-41)46-31-37-22-13-14-23-43(37)44-24-15-16-25-45(44)46)39-32-48(35-18-9-7-10-19-35)52-49(33-39)36-20-11-8-12-21-36/h5-26,28-34,43-44,51H,27H2,1-4H3/b17-5-,42-6+. The zero-order valence-corrected chi connectivity index (χ0v) is 30.6. The summed E-state index contributed by atoms with van der Waals surface area (Å²) < 4.78 is 0. The summed E-state index contributed by atoms with van der Waals surface area (Å²) in [4.78, 5) is 5.20. The molecule has 1 aromatic heterocycles. The molecule has 1 N–H and O–H groups in total. The Morgan fingerprint density at radius 3 is 1.98 bits per heavy atom. The van der Waals surface area contributed by atoms with Gasteiger partial charge < -0.3 is 5.32 Å². The van der Waals surface area contributed by atoms with Gasteiger partial charge in [-0.25, -0.2) is 4.98 Å². The van der Waals surface area contributed by atoms with E-state index < -0.39 is 0 Å². The van der Waals surface area contributed by atoms with Gasteiger partial charge in [0.1, 0.15) is 0 Å². The molecule has 256 valence electrons. The second-order valence-electron chi connectivity index (χ2n) is 14.6. The fourth-order valence-electron chi connectivity index (χ4n) is 8.31. The Morgan fingerprint density at radius 1 is 0.712 bits per heavy atom. The molecule has 52 heavy (non-hydrogen) atoms. The van der Waals surface area contributed by atoms with E-state index >= 15 is 0 Å². The molecule has 4 unspecified atom stereocenters. The lowest BCUT2D eigenvalue weighted by Gasteiger charge is -2.41. The van der Waals surface area contributed by atoms with Gasteiger partial charge in [-0.2, -0.15) is 0 Å². The van der Waals surface area contributed by atoms with Gasteiger partial charge in [-0.05, 0) is 102 Å². The molecular weight excluding hydrogens is 629 g/mol. The van der Waals surface area contributed by atoms with Crippen molar-refractivity contribution < 1.29 is 0 Å². The van der Waals surface area contributed by atoms with Gasteiger partial charge in [-0.1, -0.05) is 147 Å². The zero-order chi connectivity index (χ0) is 35.7. The largest absolute Gasteiger partial charge is 0.381 e. The van der Waals surface area contributed by atoms with E-state index in [4.69, 9.17) is 4.98 Å². The van der Waals surface area contributed by atoms with Gasteiger partial charge in [0.25, 0.3) is 0 Å². The monoisotopic (exact) mass is 674 g/mol. The number of nitrogens with zero attached hydrogens (tertiary/aromatic N) is 1. The lowest BCUT2D eigenvalue weighted by atomic mass is 9.70. The third kappa shape index (κ3) is 6.24. The average Bonchev–Trinajstić information content (AvgIpc) is 3.21. The number of nitrogens with one attached hydrogen (secondary N) is 1. The van der Waals surface area contributed by atoms with E-state index in [-0.39, 0.29) is 11.5 Å². The third-order valence-electron chi connectivity index (χ3n) is 11.4. The van der Waals surface area contributed by atoms with Gasteiger partial charge in [0.05, 0.1) is 11.4 Å². The Balaban J connectivity index is 1.33. The van der Waals surface area contributed by atoms with Gasteiger partial charge in [0.2, 0.25) is 0 Å². The highest BCUT2D eigenvalue weighted by atomic mass is 15.0. The van der Waals surface area contributed by atoms with Gasteiger partial charge in [-0.15, -0.1) is 0 Å². The number of allylic oxidation sites excluding steroid dienone is 16. The van der Waals surface area contributed by atoms with Gasteiger partial charge in [0.15, 0.2) is 0 Å². The molecule has 0 radical (unpaired) electrons. The van der Waals surface area contributed by atoms with E-state index in [1.54, 1.807) is 0 Å². The molecule has 4 aromatic rings. The van der Waals surface area contributed by atoms with Crippen molar-refractivity contribution in [2.75, 3.05) is 0 Å². The quantitative estimate of drug-likeness (QED) is 0.197. The number of rotatable bonds is 7. The van der Waals surface area contributed by atoms with Crippen LogP contribution < -0.4 is 5.32 Å². The summed E-state index contributed by atoms with van der Waals surface area (Å²) in [5.74, 6) is 0.663. The van der Waals surface area contributed by atoms with E-state index in [1.807, 2.05) is 0 Å². The maximum absolute atomic E-state index is 5.20. The predicted molar refractivity (Wildman–Crippen MR) is 221 cm³/mol. The van der Waals surface area contributed by atoms with Gasteiger partial charge in [-0.3, -0.25) is 0 Å². The fourth-order valence-corrected chi connectivity index (χ4v) is 8.31. The minimum atomic E-state index is -0.00778. The molecule has 3 aliphatic carbocycles. The second-order valence-corrected chi connectivity index (χ2v) is 14.6. The Labute approximate surface area is 309 Å². The number of hydrogen-bond acceptors (Lipinski definition) is 2. The Bertz CT molecular complexity index is 2230. The van der Waals surface area contributed by atoms with E-state index in [0.29, 0.717) is 11.8 Å². The Kier molecular flexibility index (Phi) is 9.07. The summed E-state index contributed by atoms with van der Waals surface area (Å²) in [5, 5.41) is 3.98. The summed E-state index contributed by atoms with van der Waals surface area (Å²) >= 11 is 0. The maximum Gasteiger partial charge on any atom is 0.0715 e. The molecule has 2 heteroatoms. The van der Waals surface area contributed by atoms with Crippen LogP contribution in [0.4, 0.5) is 0 Å². The molecule has 2 nitrogen and oxygen atoms in total. The number of benzene rings is 3. The molecule has 0 amide bonds. The first-order chi connectivity index (χ1) is 25.4. The number of aromatic nitrogens is 1. The first-order valence-corrected chi connectivity index (χ1v) is 18.7. The molecule has 1 aliphatic heterocycles. The Morgan fingerprint density at radius 2 is 1.33 bits per heavy atom. The molecule has 0 spiro atoms. The second kappa shape index (κ2) is 14.1. The normalized spacial score (nSPS) is 23.6. The molecule has 8 rings (SSSR count). The first-order valence-electron chi connectivity index (χ1n) is 18.7. The van der Waals surface area contributed by atoms with Crippen LogP contribution in [-0.4, -0.2) is 11.0 Å². The minimum Gasteiger partial charge on any atom is -0.381 e. The molecule has 4 atom stereocenters. The lowest BCUT2D eigenvalue weighted by molar-refractivity contribution is 0.302. The molecule has 0 saturated heterocycles. The fraction of sp³-hybridized carbons (Fsp3) is 0.180. The maximum atomic E-state index is 5.20. The smallest absolute Gasteiger partial charge is 0.0715 e. The van der Waals surface area contributed by atoms with Crippen LogP contribution in [0, 0.1) is 17.3 Å². The van der Waals surface area contributed by atoms with Crippen LogP contribution in [0.2, 0.25) is 0 Å². The molecule has 2 heterocycles. The van der Waals surface area contributed by atoms with Crippen molar-refractivity contribution in [1.29, 1.82) is 0 Å². The van der Waals surface area contributed by atoms with E-state index in [9.17, 15) is 0 Å². The van der Waals surface area contributed by atoms with Crippen molar-refractivity contribution in [3.05, 3.63) is 198 Å². The average molecular weight is 675 g/mol. The van der Waals surface area contributed by atoms with Crippen molar-refractivity contribution in [3.63, 3.8) is 0 Å². The summed E-state index contributed by atoms with van der Waals surface area (Å²) in [5.41, 5.74) is 15.5.